The van der Waals surface area contributed by atoms with E-state index in [9.17, 15) is 0 Å². The molecule has 2 heteroatoms. The normalized spacial score (nSPS) is 30.9. The van der Waals surface area contributed by atoms with Crippen LogP contribution in [0.25, 0.3) is 0 Å². The topological polar surface area (TPSA) is 9.23 Å². The van der Waals surface area contributed by atoms with Crippen molar-refractivity contribution in [2.45, 2.75) is 69.3 Å². The average molecular weight is 212 g/mol. The van der Waals surface area contributed by atoms with Gasteiger partial charge in [0.05, 0.1) is 8.07 Å². The van der Waals surface area contributed by atoms with Gasteiger partial charge in [-0.25, -0.2) is 0 Å². The fraction of sp³-hybridized carbons (Fsp3) is 1.00. The van der Waals surface area contributed by atoms with E-state index in [0.717, 1.165) is 12.1 Å². The Bertz CT molecular complexity index is 179. The van der Waals surface area contributed by atoms with Crippen LogP contribution in [0.2, 0.25) is 18.6 Å². The molecule has 0 radical (unpaired) electrons. The second-order valence-electron chi connectivity index (χ2n) is 5.66. The van der Waals surface area contributed by atoms with Crippen LogP contribution in [0.5, 0.6) is 0 Å². The van der Waals surface area contributed by atoms with Gasteiger partial charge in [-0.2, -0.15) is 0 Å². The first-order valence-corrected chi connectivity index (χ1v) is 9.48. The van der Waals surface area contributed by atoms with Gasteiger partial charge in [0, 0.05) is 12.3 Å². The predicted octanol–water partition coefficient (Wildman–Crippen LogP) is 3.75. The van der Waals surface area contributed by atoms with Crippen LogP contribution in [0.4, 0.5) is 0 Å². The Labute approximate surface area is 89.2 Å². The SMILES string of the molecule is C[Si](C)(C1CCCC1)C1CCCCO1. The molecule has 1 aliphatic carbocycles. The van der Waals surface area contributed by atoms with E-state index >= 15 is 0 Å². The molecule has 2 rings (SSSR count). The lowest BCUT2D eigenvalue weighted by Crippen LogP contribution is -2.48. The second kappa shape index (κ2) is 4.36. The Morgan fingerprint density at radius 2 is 1.57 bits per heavy atom. The third-order valence-corrected chi connectivity index (χ3v) is 9.21. The van der Waals surface area contributed by atoms with E-state index in [-0.39, 0.29) is 0 Å². The van der Waals surface area contributed by atoms with Crippen molar-refractivity contribution in [3.05, 3.63) is 0 Å². The van der Waals surface area contributed by atoms with Crippen LogP contribution in [-0.4, -0.2) is 20.4 Å². The quantitative estimate of drug-likeness (QED) is 0.634. The smallest absolute Gasteiger partial charge is 0.0846 e. The van der Waals surface area contributed by atoms with Crippen molar-refractivity contribution in [1.82, 2.24) is 0 Å². The maximum absolute atomic E-state index is 6.02. The van der Waals surface area contributed by atoms with E-state index in [1.54, 1.807) is 0 Å². The van der Waals surface area contributed by atoms with Gasteiger partial charge in [0.25, 0.3) is 0 Å². The van der Waals surface area contributed by atoms with Crippen LogP contribution < -0.4 is 0 Å². The molecular formula is C12H24OSi. The number of rotatable bonds is 2. The van der Waals surface area contributed by atoms with Gasteiger partial charge in [0.2, 0.25) is 0 Å². The van der Waals surface area contributed by atoms with Crippen molar-refractivity contribution in [3.8, 4) is 0 Å². The summed E-state index contributed by atoms with van der Waals surface area (Å²) in [6.45, 7) is 6.17. The predicted molar refractivity (Wildman–Crippen MR) is 63.3 cm³/mol. The third-order valence-electron chi connectivity index (χ3n) is 4.42. The highest BCUT2D eigenvalue weighted by Gasteiger charge is 2.41. The fourth-order valence-corrected chi connectivity index (χ4v) is 7.18. The first-order chi connectivity index (χ1) is 6.71. The first kappa shape index (κ1) is 10.7. The summed E-state index contributed by atoms with van der Waals surface area (Å²) in [6.07, 6.45) is 10.0. The van der Waals surface area contributed by atoms with Gasteiger partial charge in [0.15, 0.2) is 0 Å². The van der Waals surface area contributed by atoms with Crippen molar-refractivity contribution in [2.75, 3.05) is 6.61 Å². The highest BCUT2D eigenvalue weighted by atomic mass is 28.3. The molecule has 0 aromatic carbocycles. The van der Waals surface area contributed by atoms with Gasteiger partial charge in [-0.3, -0.25) is 0 Å². The first-order valence-electron chi connectivity index (χ1n) is 6.33. The molecule has 0 spiro atoms. The Morgan fingerprint density at radius 1 is 0.929 bits per heavy atom. The van der Waals surface area contributed by atoms with E-state index in [4.69, 9.17) is 4.74 Å². The van der Waals surface area contributed by atoms with Crippen LogP contribution in [0, 0.1) is 0 Å². The zero-order valence-electron chi connectivity index (χ0n) is 9.72. The molecule has 1 heterocycles. The van der Waals surface area contributed by atoms with Gasteiger partial charge >= 0.3 is 0 Å². The van der Waals surface area contributed by atoms with Crippen molar-refractivity contribution >= 4 is 8.07 Å². The Morgan fingerprint density at radius 3 is 2.14 bits per heavy atom. The van der Waals surface area contributed by atoms with Crippen molar-refractivity contribution in [3.63, 3.8) is 0 Å². The molecule has 0 bridgehead atoms. The average Bonchev–Trinajstić information content (AvgIpc) is 2.72. The zero-order chi connectivity index (χ0) is 10.0. The van der Waals surface area contributed by atoms with Gasteiger partial charge < -0.3 is 4.74 Å². The zero-order valence-corrected chi connectivity index (χ0v) is 10.7. The molecule has 2 fully saturated rings. The third kappa shape index (κ3) is 2.06. The highest BCUT2D eigenvalue weighted by Crippen LogP contribution is 2.42. The van der Waals surface area contributed by atoms with E-state index < -0.39 is 8.07 Å². The van der Waals surface area contributed by atoms with Crippen LogP contribution >= 0.6 is 0 Å². The molecule has 1 unspecified atom stereocenters. The minimum atomic E-state index is -1.09. The number of hydrogen-bond acceptors (Lipinski definition) is 1. The van der Waals surface area contributed by atoms with Gasteiger partial charge in [-0.15, -0.1) is 0 Å². The van der Waals surface area contributed by atoms with Crippen molar-refractivity contribution in [1.29, 1.82) is 0 Å². The van der Waals surface area contributed by atoms with Crippen molar-refractivity contribution in [2.24, 2.45) is 0 Å². The summed E-state index contributed by atoms with van der Waals surface area (Å²) in [5.41, 5.74) is 1.74. The summed E-state index contributed by atoms with van der Waals surface area (Å²) >= 11 is 0. The fourth-order valence-electron chi connectivity index (χ4n) is 3.26. The molecule has 2 aliphatic rings. The molecule has 0 aromatic rings. The molecule has 14 heavy (non-hydrogen) atoms. The lowest BCUT2D eigenvalue weighted by molar-refractivity contribution is 0.0587. The monoisotopic (exact) mass is 212 g/mol. The maximum atomic E-state index is 6.02. The summed E-state index contributed by atoms with van der Waals surface area (Å²) in [4.78, 5) is 0. The molecule has 82 valence electrons. The second-order valence-corrected chi connectivity index (χ2v) is 10.8. The molecule has 1 saturated carbocycles. The van der Waals surface area contributed by atoms with Crippen LogP contribution in [0.3, 0.4) is 0 Å². The Balaban J connectivity index is 1.97. The highest BCUT2D eigenvalue weighted by molar-refractivity contribution is 6.80. The standard InChI is InChI=1S/C12H24OSi/c1-14(2,11-7-3-4-8-11)12-9-5-6-10-13-12/h11-12H,3-10H2,1-2H3. The molecule has 0 aromatic heterocycles. The van der Waals surface area contributed by atoms with Gasteiger partial charge in [-0.1, -0.05) is 38.8 Å². The molecule has 1 atom stereocenters. The summed E-state index contributed by atoms with van der Waals surface area (Å²) in [6, 6.07) is 0. The van der Waals surface area contributed by atoms with Crippen LogP contribution in [-0.2, 0) is 4.74 Å². The lowest BCUT2D eigenvalue weighted by Gasteiger charge is -2.39. The lowest BCUT2D eigenvalue weighted by atomic mass is 10.2. The van der Waals surface area contributed by atoms with Crippen LogP contribution in [0.15, 0.2) is 0 Å². The van der Waals surface area contributed by atoms with Gasteiger partial charge in [0.1, 0.15) is 0 Å². The molecule has 1 saturated heterocycles. The van der Waals surface area contributed by atoms with Gasteiger partial charge in [-0.05, 0) is 24.8 Å². The summed E-state index contributed by atoms with van der Waals surface area (Å²) < 4.78 is 6.02. The summed E-state index contributed by atoms with van der Waals surface area (Å²) in [7, 11) is -1.09. The molecule has 1 nitrogen and oxygen atoms in total. The minimum absolute atomic E-state index is 0.680. The molecular weight excluding hydrogens is 188 g/mol. The van der Waals surface area contributed by atoms with Crippen LogP contribution in [0.1, 0.15) is 44.9 Å². The van der Waals surface area contributed by atoms with E-state index in [2.05, 4.69) is 13.1 Å². The largest absolute Gasteiger partial charge is 0.382 e. The molecule has 0 N–H and O–H groups in total. The number of ether oxygens (including phenoxy) is 1. The summed E-state index contributed by atoms with van der Waals surface area (Å²) in [5.74, 6) is 0. The molecule has 1 aliphatic heterocycles. The Kier molecular flexibility index (Phi) is 3.33. The van der Waals surface area contributed by atoms with E-state index in [0.29, 0.717) is 5.73 Å². The Hall–Kier alpha value is 0.177. The van der Waals surface area contributed by atoms with Crippen molar-refractivity contribution < 1.29 is 4.74 Å². The number of hydrogen-bond donors (Lipinski definition) is 0. The van der Waals surface area contributed by atoms with E-state index in [1.165, 1.54) is 44.9 Å². The maximum Gasteiger partial charge on any atom is 0.0846 e. The minimum Gasteiger partial charge on any atom is -0.382 e. The van der Waals surface area contributed by atoms with E-state index in [1.807, 2.05) is 0 Å². The summed E-state index contributed by atoms with van der Waals surface area (Å²) in [5, 5.41) is 0. The molecule has 0 amide bonds.